The van der Waals surface area contributed by atoms with E-state index in [1.54, 1.807) is 19.9 Å². The van der Waals surface area contributed by atoms with Crippen LogP contribution in [0.4, 0.5) is 13.2 Å². The Kier molecular flexibility index (Phi) is 4.19. The average Bonchev–Trinajstić information content (AvgIpc) is 2.25. The second-order valence-corrected chi connectivity index (χ2v) is 4.32. The SMILES string of the molecule is C/C=C(\C)C(=O)N1CCC(C(F)(F)F)C(N)C1. The van der Waals surface area contributed by atoms with E-state index in [0.29, 0.717) is 5.57 Å². The molecule has 0 spiro atoms. The Labute approximate surface area is 98.5 Å². The summed E-state index contributed by atoms with van der Waals surface area (Å²) in [6, 6.07) is -1.03. The Morgan fingerprint density at radius 3 is 2.47 bits per heavy atom. The van der Waals surface area contributed by atoms with Crippen LogP contribution in [0.2, 0.25) is 0 Å². The lowest BCUT2D eigenvalue weighted by Gasteiger charge is -2.37. The Morgan fingerprint density at radius 1 is 1.47 bits per heavy atom. The molecular formula is C11H17F3N2O. The van der Waals surface area contributed by atoms with E-state index >= 15 is 0 Å². The third-order valence-corrected chi connectivity index (χ3v) is 3.14. The number of hydrogen-bond acceptors (Lipinski definition) is 2. The van der Waals surface area contributed by atoms with Gasteiger partial charge in [-0.1, -0.05) is 6.08 Å². The molecule has 0 aromatic carbocycles. The third kappa shape index (κ3) is 3.21. The van der Waals surface area contributed by atoms with Crippen LogP contribution in [0.3, 0.4) is 0 Å². The Balaban J connectivity index is 2.68. The zero-order chi connectivity index (χ0) is 13.2. The summed E-state index contributed by atoms with van der Waals surface area (Å²) in [7, 11) is 0. The van der Waals surface area contributed by atoms with E-state index in [2.05, 4.69) is 0 Å². The van der Waals surface area contributed by atoms with Crippen molar-refractivity contribution < 1.29 is 18.0 Å². The van der Waals surface area contributed by atoms with Crippen LogP contribution >= 0.6 is 0 Å². The van der Waals surface area contributed by atoms with Crippen LogP contribution in [0.1, 0.15) is 20.3 Å². The highest BCUT2D eigenvalue weighted by atomic mass is 19.4. The van der Waals surface area contributed by atoms with E-state index in [0.717, 1.165) is 0 Å². The number of carbonyl (C=O) groups is 1. The number of piperidine rings is 1. The van der Waals surface area contributed by atoms with Gasteiger partial charge in [-0.05, 0) is 20.3 Å². The quantitative estimate of drug-likeness (QED) is 0.720. The predicted octanol–water partition coefficient (Wildman–Crippen LogP) is 1.69. The standard InChI is InChI=1S/C11H17F3N2O/c1-3-7(2)10(17)16-5-4-8(9(15)6-16)11(12,13)14/h3,8-9H,4-6,15H2,1-2H3/b7-3+. The molecule has 0 aromatic rings. The molecule has 0 aliphatic carbocycles. The van der Waals surface area contributed by atoms with Crippen LogP contribution < -0.4 is 5.73 Å². The van der Waals surface area contributed by atoms with E-state index in [-0.39, 0.29) is 25.4 Å². The summed E-state index contributed by atoms with van der Waals surface area (Å²) in [5.74, 6) is -1.74. The number of rotatable bonds is 1. The van der Waals surface area contributed by atoms with E-state index < -0.39 is 18.1 Å². The second-order valence-electron chi connectivity index (χ2n) is 4.32. The summed E-state index contributed by atoms with van der Waals surface area (Å²) in [6.07, 6.45) is -2.75. The van der Waals surface area contributed by atoms with Crippen molar-refractivity contribution in [3.8, 4) is 0 Å². The van der Waals surface area contributed by atoms with Crippen molar-refractivity contribution in [1.29, 1.82) is 0 Å². The van der Waals surface area contributed by atoms with Crippen molar-refractivity contribution in [2.45, 2.75) is 32.5 Å². The zero-order valence-electron chi connectivity index (χ0n) is 9.92. The number of halogens is 3. The average molecular weight is 250 g/mol. The van der Waals surface area contributed by atoms with Gasteiger partial charge in [0, 0.05) is 24.7 Å². The topological polar surface area (TPSA) is 46.3 Å². The second kappa shape index (κ2) is 5.08. The van der Waals surface area contributed by atoms with Crippen LogP contribution in [0.25, 0.3) is 0 Å². The number of amides is 1. The molecule has 2 unspecified atom stereocenters. The van der Waals surface area contributed by atoms with E-state index in [4.69, 9.17) is 5.73 Å². The molecule has 2 atom stereocenters. The zero-order valence-corrected chi connectivity index (χ0v) is 9.92. The minimum Gasteiger partial charge on any atom is -0.337 e. The van der Waals surface area contributed by atoms with Gasteiger partial charge in [0.15, 0.2) is 0 Å². The molecule has 1 rings (SSSR count). The van der Waals surface area contributed by atoms with Crippen LogP contribution in [0.15, 0.2) is 11.6 Å². The summed E-state index contributed by atoms with van der Waals surface area (Å²) < 4.78 is 37.6. The van der Waals surface area contributed by atoms with Crippen molar-refractivity contribution in [2.75, 3.05) is 13.1 Å². The van der Waals surface area contributed by atoms with Gasteiger partial charge in [-0.3, -0.25) is 4.79 Å². The van der Waals surface area contributed by atoms with Gasteiger partial charge in [0.05, 0.1) is 5.92 Å². The highest BCUT2D eigenvalue weighted by molar-refractivity contribution is 5.92. The van der Waals surface area contributed by atoms with Gasteiger partial charge >= 0.3 is 6.18 Å². The van der Waals surface area contributed by atoms with Crippen LogP contribution in [-0.4, -0.2) is 36.1 Å². The fourth-order valence-corrected chi connectivity index (χ4v) is 1.95. The summed E-state index contributed by atoms with van der Waals surface area (Å²) in [5, 5.41) is 0. The third-order valence-electron chi connectivity index (χ3n) is 3.14. The van der Waals surface area contributed by atoms with Crippen LogP contribution in [0, 0.1) is 5.92 Å². The molecule has 1 amide bonds. The molecule has 6 heteroatoms. The highest BCUT2D eigenvalue weighted by Crippen LogP contribution is 2.33. The summed E-state index contributed by atoms with van der Waals surface area (Å²) >= 11 is 0. The van der Waals surface area contributed by atoms with Crippen molar-refractivity contribution in [3.05, 3.63) is 11.6 Å². The van der Waals surface area contributed by atoms with Crippen molar-refractivity contribution in [2.24, 2.45) is 11.7 Å². The van der Waals surface area contributed by atoms with Crippen molar-refractivity contribution >= 4 is 5.91 Å². The maximum atomic E-state index is 12.5. The summed E-state index contributed by atoms with van der Waals surface area (Å²) in [6.45, 7) is 3.44. The van der Waals surface area contributed by atoms with Crippen LogP contribution in [-0.2, 0) is 4.79 Å². The molecular weight excluding hydrogens is 233 g/mol. The van der Waals surface area contributed by atoms with Crippen molar-refractivity contribution in [1.82, 2.24) is 4.90 Å². The molecule has 0 aromatic heterocycles. The lowest BCUT2D eigenvalue weighted by atomic mass is 9.91. The van der Waals surface area contributed by atoms with Gasteiger partial charge in [0.1, 0.15) is 0 Å². The molecule has 17 heavy (non-hydrogen) atoms. The molecule has 1 aliphatic rings. The first-order valence-corrected chi connectivity index (χ1v) is 5.51. The lowest BCUT2D eigenvalue weighted by Crippen LogP contribution is -2.54. The van der Waals surface area contributed by atoms with E-state index in [1.807, 2.05) is 0 Å². The normalized spacial score (nSPS) is 27.2. The van der Waals surface area contributed by atoms with Gasteiger partial charge in [-0.25, -0.2) is 0 Å². The van der Waals surface area contributed by atoms with Gasteiger partial charge in [-0.2, -0.15) is 13.2 Å². The van der Waals surface area contributed by atoms with Crippen LogP contribution in [0.5, 0.6) is 0 Å². The predicted molar refractivity (Wildman–Crippen MR) is 58.1 cm³/mol. The smallest absolute Gasteiger partial charge is 0.337 e. The lowest BCUT2D eigenvalue weighted by molar-refractivity contribution is -0.190. The van der Waals surface area contributed by atoms with Crippen molar-refractivity contribution in [3.63, 3.8) is 0 Å². The minimum atomic E-state index is -4.27. The van der Waals surface area contributed by atoms with Gasteiger partial charge in [0.25, 0.3) is 0 Å². The Bertz CT molecular complexity index is 325. The number of nitrogens with two attached hydrogens (primary N) is 1. The maximum Gasteiger partial charge on any atom is 0.393 e. The number of alkyl halides is 3. The largest absolute Gasteiger partial charge is 0.393 e. The van der Waals surface area contributed by atoms with E-state index in [9.17, 15) is 18.0 Å². The fraction of sp³-hybridized carbons (Fsp3) is 0.727. The summed E-state index contributed by atoms with van der Waals surface area (Å²) in [4.78, 5) is 13.1. The first-order valence-electron chi connectivity index (χ1n) is 5.51. The van der Waals surface area contributed by atoms with Gasteiger partial charge in [0.2, 0.25) is 5.91 Å². The first-order chi connectivity index (χ1) is 7.77. The molecule has 3 nitrogen and oxygen atoms in total. The summed E-state index contributed by atoms with van der Waals surface area (Å²) in [5.41, 5.74) is 6.03. The Morgan fingerprint density at radius 2 is 2.06 bits per heavy atom. The molecule has 2 N–H and O–H groups in total. The monoisotopic (exact) mass is 250 g/mol. The molecule has 1 heterocycles. The number of allylic oxidation sites excluding steroid dienone is 1. The Hall–Kier alpha value is -1.04. The number of nitrogens with zero attached hydrogens (tertiary/aromatic N) is 1. The maximum absolute atomic E-state index is 12.5. The minimum absolute atomic E-state index is 0.0335. The van der Waals surface area contributed by atoms with Gasteiger partial charge < -0.3 is 10.6 Å². The van der Waals surface area contributed by atoms with E-state index in [1.165, 1.54) is 4.90 Å². The fourth-order valence-electron chi connectivity index (χ4n) is 1.95. The molecule has 1 aliphatic heterocycles. The first kappa shape index (κ1) is 14.0. The highest BCUT2D eigenvalue weighted by Gasteiger charge is 2.46. The molecule has 1 fully saturated rings. The number of likely N-dealkylation sites (tertiary alicyclic amines) is 1. The van der Waals surface area contributed by atoms with Gasteiger partial charge in [-0.15, -0.1) is 0 Å². The molecule has 1 saturated heterocycles. The molecule has 0 saturated carbocycles. The number of carbonyl (C=O) groups excluding carboxylic acids is 1. The molecule has 0 radical (unpaired) electrons. The molecule has 0 bridgehead atoms. The molecule has 98 valence electrons. The number of hydrogen-bond donors (Lipinski definition) is 1.